The zero-order chi connectivity index (χ0) is 12.3. The van der Waals surface area contributed by atoms with Gasteiger partial charge in [-0.3, -0.25) is 4.79 Å². The number of benzene rings is 1. The maximum Gasteiger partial charge on any atom is 0.292 e. The number of nitrogen functional groups attached to an aromatic ring is 1. The van der Waals surface area contributed by atoms with Gasteiger partial charge in [-0.25, -0.2) is 0 Å². The quantitative estimate of drug-likeness (QED) is 0.781. The molecular weight excluding hydrogens is 242 g/mol. The van der Waals surface area contributed by atoms with Gasteiger partial charge in [0.05, 0.1) is 0 Å². The van der Waals surface area contributed by atoms with Crippen molar-refractivity contribution >= 4 is 17.5 Å². The summed E-state index contributed by atoms with van der Waals surface area (Å²) in [7, 11) is 0. The molecule has 0 fully saturated rings. The van der Waals surface area contributed by atoms with Crippen LogP contribution in [0.5, 0.6) is 0 Å². The first-order chi connectivity index (χ1) is 8.16. The summed E-state index contributed by atoms with van der Waals surface area (Å²) in [6, 6.07) is 7.30. The van der Waals surface area contributed by atoms with Crippen molar-refractivity contribution in [3.05, 3.63) is 51.4 Å². The fraction of sp³-hybridized carbons (Fsp3) is 0.100. The Hall–Kier alpha value is -2.08. The molecule has 0 spiro atoms. The van der Waals surface area contributed by atoms with Crippen LogP contribution in [0.2, 0.25) is 5.02 Å². The molecular formula is C10H10ClN5O. The topological polar surface area (TPSA) is 85.8 Å². The van der Waals surface area contributed by atoms with E-state index in [2.05, 4.69) is 15.5 Å². The van der Waals surface area contributed by atoms with E-state index in [1.807, 2.05) is 12.1 Å². The zero-order valence-electron chi connectivity index (χ0n) is 8.80. The van der Waals surface area contributed by atoms with Crippen LogP contribution < -0.4 is 16.7 Å². The Balaban J connectivity index is 2.10. The Kier molecular flexibility index (Phi) is 3.24. The predicted molar refractivity (Wildman–Crippen MR) is 65.2 cm³/mol. The predicted octanol–water partition coefficient (Wildman–Crippen LogP) is 0.618. The van der Waals surface area contributed by atoms with Crippen LogP contribution in [0.25, 0.3) is 0 Å². The minimum absolute atomic E-state index is 0.215. The van der Waals surface area contributed by atoms with Crippen LogP contribution in [0, 0.1) is 0 Å². The number of hydrogen-bond donors (Lipinski definition) is 2. The minimum atomic E-state index is -0.418. The molecule has 7 heteroatoms. The van der Waals surface area contributed by atoms with Crippen LogP contribution in [0.15, 0.2) is 35.3 Å². The number of aromatic nitrogens is 3. The molecule has 0 aliphatic heterocycles. The maximum atomic E-state index is 11.2. The molecule has 0 amide bonds. The van der Waals surface area contributed by atoms with Crippen molar-refractivity contribution in [2.24, 2.45) is 0 Å². The van der Waals surface area contributed by atoms with E-state index in [-0.39, 0.29) is 5.95 Å². The lowest BCUT2D eigenvalue weighted by Gasteiger charge is -2.07. The summed E-state index contributed by atoms with van der Waals surface area (Å²) in [6.07, 6.45) is 1.05. The Labute approximate surface area is 102 Å². The van der Waals surface area contributed by atoms with E-state index in [4.69, 9.17) is 17.4 Å². The molecule has 2 aromatic rings. The van der Waals surface area contributed by atoms with Crippen molar-refractivity contribution in [1.82, 2.24) is 14.9 Å². The number of nitrogens with two attached hydrogens (primary N) is 1. The SMILES string of the molecule is Nn1c(NCc2ccc(Cl)cc2)nncc1=O. The molecule has 0 aliphatic rings. The highest BCUT2D eigenvalue weighted by Crippen LogP contribution is 2.10. The molecule has 3 N–H and O–H groups in total. The first-order valence-corrected chi connectivity index (χ1v) is 5.23. The number of nitrogens with zero attached hydrogens (tertiary/aromatic N) is 3. The van der Waals surface area contributed by atoms with E-state index in [0.29, 0.717) is 11.6 Å². The lowest BCUT2D eigenvalue weighted by molar-refractivity contribution is 0.817. The van der Waals surface area contributed by atoms with Gasteiger partial charge in [-0.1, -0.05) is 23.7 Å². The highest BCUT2D eigenvalue weighted by Gasteiger charge is 2.02. The molecule has 1 aromatic heterocycles. The molecule has 1 aromatic carbocycles. The normalized spacial score (nSPS) is 10.2. The highest BCUT2D eigenvalue weighted by molar-refractivity contribution is 6.30. The number of anilines is 1. The Bertz CT molecular complexity index is 566. The van der Waals surface area contributed by atoms with Gasteiger partial charge in [-0.05, 0) is 17.7 Å². The Morgan fingerprint density at radius 1 is 1.35 bits per heavy atom. The first-order valence-electron chi connectivity index (χ1n) is 4.85. The second-order valence-electron chi connectivity index (χ2n) is 3.36. The Morgan fingerprint density at radius 3 is 2.76 bits per heavy atom. The number of hydrogen-bond acceptors (Lipinski definition) is 5. The summed E-state index contributed by atoms with van der Waals surface area (Å²) < 4.78 is 0.906. The van der Waals surface area contributed by atoms with Crippen molar-refractivity contribution in [1.29, 1.82) is 0 Å². The maximum absolute atomic E-state index is 11.2. The minimum Gasteiger partial charge on any atom is -0.349 e. The van der Waals surface area contributed by atoms with Crippen molar-refractivity contribution < 1.29 is 0 Å². The van der Waals surface area contributed by atoms with Gasteiger partial charge in [-0.2, -0.15) is 4.68 Å². The summed E-state index contributed by atoms with van der Waals surface area (Å²) >= 11 is 5.77. The van der Waals surface area contributed by atoms with Crippen LogP contribution >= 0.6 is 11.6 Å². The Morgan fingerprint density at radius 2 is 2.06 bits per heavy atom. The van der Waals surface area contributed by atoms with E-state index in [0.717, 1.165) is 16.4 Å². The molecule has 0 atom stereocenters. The summed E-state index contributed by atoms with van der Waals surface area (Å²) in [5, 5.41) is 10.8. The third-order valence-electron chi connectivity index (χ3n) is 2.15. The van der Waals surface area contributed by atoms with Gasteiger partial charge < -0.3 is 11.2 Å². The van der Waals surface area contributed by atoms with Crippen LogP contribution in [0.1, 0.15) is 5.56 Å². The number of rotatable bonds is 3. The molecule has 0 radical (unpaired) electrons. The van der Waals surface area contributed by atoms with Crippen LogP contribution in [0.3, 0.4) is 0 Å². The largest absolute Gasteiger partial charge is 0.349 e. The van der Waals surface area contributed by atoms with E-state index >= 15 is 0 Å². The van der Waals surface area contributed by atoms with E-state index < -0.39 is 5.56 Å². The fourth-order valence-electron chi connectivity index (χ4n) is 1.25. The molecule has 0 bridgehead atoms. The van der Waals surface area contributed by atoms with Gasteiger partial charge in [0.25, 0.3) is 5.56 Å². The van der Waals surface area contributed by atoms with E-state index in [1.54, 1.807) is 12.1 Å². The average molecular weight is 252 g/mol. The van der Waals surface area contributed by atoms with E-state index in [1.165, 1.54) is 0 Å². The average Bonchev–Trinajstić information content (AvgIpc) is 2.33. The van der Waals surface area contributed by atoms with Gasteiger partial charge in [0.2, 0.25) is 5.95 Å². The molecule has 0 saturated heterocycles. The smallest absolute Gasteiger partial charge is 0.292 e. The fourth-order valence-corrected chi connectivity index (χ4v) is 1.38. The van der Waals surface area contributed by atoms with Crippen molar-refractivity contribution in [2.75, 3.05) is 11.2 Å². The standard InChI is InChI=1S/C10H10ClN5O/c11-8-3-1-7(2-4-8)5-13-10-15-14-6-9(17)16(10)12/h1-4,6H,5,12H2,(H,13,15). The van der Waals surface area contributed by atoms with Crippen molar-refractivity contribution in [3.63, 3.8) is 0 Å². The lowest BCUT2D eigenvalue weighted by Crippen LogP contribution is -2.30. The molecule has 1 heterocycles. The third kappa shape index (κ3) is 2.73. The monoisotopic (exact) mass is 251 g/mol. The van der Waals surface area contributed by atoms with Crippen LogP contribution in [-0.4, -0.2) is 14.9 Å². The molecule has 0 aliphatic carbocycles. The second-order valence-corrected chi connectivity index (χ2v) is 3.79. The number of nitrogens with one attached hydrogen (secondary N) is 1. The lowest BCUT2D eigenvalue weighted by atomic mass is 10.2. The summed E-state index contributed by atoms with van der Waals surface area (Å²) in [4.78, 5) is 11.2. The molecule has 0 unspecified atom stereocenters. The van der Waals surface area contributed by atoms with Gasteiger partial charge in [0, 0.05) is 11.6 Å². The van der Waals surface area contributed by atoms with E-state index in [9.17, 15) is 4.79 Å². The first kappa shape index (κ1) is 11.4. The summed E-state index contributed by atoms with van der Waals surface area (Å²) in [5.74, 6) is 5.70. The van der Waals surface area contributed by atoms with Gasteiger partial charge in [0.15, 0.2) is 0 Å². The van der Waals surface area contributed by atoms with Crippen LogP contribution in [-0.2, 0) is 6.54 Å². The van der Waals surface area contributed by atoms with Gasteiger partial charge in [-0.15, -0.1) is 10.2 Å². The molecule has 6 nitrogen and oxygen atoms in total. The van der Waals surface area contributed by atoms with Crippen molar-refractivity contribution in [2.45, 2.75) is 6.54 Å². The molecule has 17 heavy (non-hydrogen) atoms. The number of halogens is 1. The van der Waals surface area contributed by atoms with Crippen LogP contribution in [0.4, 0.5) is 5.95 Å². The van der Waals surface area contributed by atoms with Crippen molar-refractivity contribution in [3.8, 4) is 0 Å². The highest BCUT2D eigenvalue weighted by atomic mass is 35.5. The zero-order valence-corrected chi connectivity index (χ0v) is 9.55. The molecule has 2 rings (SSSR count). The summed E-state index contributed by atoms with van der Waals surface area (Å²) in [6.45, 7) is 0.479. The third-order valence-corrected chi connectivity index (χ3v) is 2.40. The van der Waals surface area contributed by atoms with Gasteiger partial charge >= 0.3 is 0 Å². The molecule has 0 saturated carbocycles. The molecule has 88 valence electrons. The van der Waals surface area contributed by atoms with Gasteiger partial charge in [0.1, 0.15) is 6.20 Å². The summed E-state index contributed by atoms with van der Waals surface area (Å²) in [5.41, 5.74) is 0.575. The second kappa shape index (κ2) is 4.84.